The van der Waals surface area contributed by atoms with Crippen LogP contribution in [0, 0.1) is 5.92 Å². The molecule has 1 aromatic rings. The number of hydrogen-bond acceptors (Lipinski definition) is 6. The maximum Gasteiger partial charge on any atom is 0.323 e. The number of ether oxygens (including phenoxy) is 1. The van der Waals surface area contributed by atoms with Gasteiger partial charge >= 0.3 is 6.01 Å². The lowest BCUT2D eigenvalue weighted by Crippen LogP contribution is -2.10. The molecule has 0 aromatic carbocycles. The molecule has 2 rings (SSSR count). The number of aromatic nitrogens is 3. The number of nitrogens with one attached hydrogen (secondary N) is 1. The van der Waals surface area contributed by atoms with E-state index in [1.807, 2.05) is 6.92 Å². The zero-order valence-electron chi connectivity index (χ0n) is 10.1. The van der Waals surface area contributed by atoms with Gasteiger partial charge in [-0.05, 0) is 25.7 Å². The second-order valence-corrected chi connectivity index (χ2v) is 4.25. The lowest BCUT2D eigenvalue weighted by Gasteiger charge is -2.06. The molecule has 0 amide bonds. The van der Waals surface area contributed by atoms with Gasteiger partial charge in [-0.2, -0.15) is 15.0 Å². The molecular formula is C11H19N5O. The third kappa shape index (κ3) is 4.05. The topological polar surface area (TPSA) is 86.0 Å². The van der Waals surface area contributed by atoms with Crippen molar-refractivity contribution < 1.29 is 4.74 Å². The summed E-state index contributed by atoms with van der Waals surface area (Å²) in [5, 5.41) is 3.15. The van der Waals surface area contributed by atoms with Crippen molar-refractivity contribution in [2.75, 3.05) is 24.2 Å². The molecular weight excluding hydrogens is 218 g/mol. The Morgan fingerprint density at radius 3 is 2.88 bits per heavy atom. The first-order valence-electron chi connectivity index (χ1n) is 6.16. The highest BCUT2D eigenvalue weighted by Gasteiger charge is 2.19. The molecule has 1 aromatic heterocycles. The molecule has 0 spiro atoms. The van der Waals surface area contributed by atoms with Gasteiger partial charge in [-0.1, -0.05) is 12.8 Å². The van der Waals surface area contributed by atoms with Crippen molar-refractivity contribution >= 4 is 11.9 Å². The van der Waals surface area contributed by atoms with Crippen molar-refractivity contribution in [1.82, 2.24) is 15.0 Å². The molecule has 3 N–H and O–H groups in total. The van der Waals surface area contributed by atoms with E-state index in [1.54, 1.807) is 0 Å². The Kier molecular flexibility index (Phi) is 3.95. The lowest BCUT2D eigenvalue weighted by atomic mass is 10.2. The van der Waals surface area contributed by atoms with Gasteiger partial charge in [0.15, 0.2) is 0 Å². The van der Waals surface area contributed by atoms with E-state index >= 15 is 0 Å². The number of nitrogen functional groups attached to an aromatic ring is 1. The molecule has 0 bridgehead atoms. The average molecular weight is 237 g/mol. The first kappa shape index (κ1) is 11.9. The van der Waals surface area contributed by atoms with E-state index < -0.39 is 0 Å². The fourth-order valence-electron chi connectivity index (χ4n) is 1.64. The Morgan fingerprint density at radius 1 is 1.35 bits per heavy atom. The van der Waals surface area contributed by atoms with Gasteiger partial charge in [0.1, 0.15) is 0 Å². The summed E-state index contributed by atoms with van der Waals surface area (Å²) in [5.74, 6) is 1.64. The number of hydrogen-bond donors (Lipinski definition) is 2. The van der Waals surface area contributed by atoms with E-state index in [2.05, 4.69) is 20.3 Å². The van der Waals surface area contributed by atoms with E-state index in [9.17, 15) is 0 Å². The van der Waals surface area contributed by atoms with Gasteiger partial charge in [0.05, 0.1) is 6.61 Å². The molecule has 0 radical (unpaired) electrons. The molecule has 0 saturated heterocycles. The van der Waals surface area contributed by atoms with Crippen molar-refractivity contribution in [3.05, 3.63) is 0 Å². The van der Waals surface area contributed by atoms with Gasteiger partial charge in [0.2, 0.25) is 11.9 Å². The normalized spacial score (nSPS) is 14.6. The van der Waals surface area contributed by atoms with E-state index in [0.717, 1.165) is 18.9 Å². The summed E-state index contributed by atoms with van der Waals surface area (Å²) >= 11 is 0. The van der Waals surface area contributed by atoms with Crippen LogP contribution in [0.1, 0.15) is 32.6 Å². The van der Waals surface area contributed by atoms with Gasteiger partial charge in [-0.15, -0.1) is 0 Å². The van der Waals surface area contributed by atoms with Crippen molar-refractivity contribution in [3.63, 3.8) is 0 Å². The monoisotopic (exact) mass is 237 g/mol. The number of nitrogens with two attached hydrogens (primary N) is 1. The molecule has 0 unspecified atom stereocenters. The van der Waals surface area contributed by atoms with E-state index in [1.165, 1.54) is 19.3 Å². The van der Waals surface area contributed by atoms with Crippen molar-refractivity contribution in [2.24, 2.45) is 5.92 Å². The second kappa shape index (κ2) is 5.65. The van der Waals surface area contributed by atoms with Crippen LogP contribution in [0.5, 0.6) is 6.01 Å². The molecule has 1 fully saturated rings. The molecule has 1 saturated carbocycles. The fraction of sp³-hybridized carbons (Fsp3) is 0.727. The van der Waals surface area contributed by atoms with Crippen LogP contribution in [0.25, 0.3) is 0 Å². The molecule has 1 aliphatic rings. The molecule has 6 heteroatoms. The highest BCUT2D eigenvalue weighted by Crippen LogP contribution is 2.33. The van der Waals surface area contributed by atoms with Gasteiger partial charge in [0.25, 0.3) is 0 Å². The van der Waals surface area contributed by atoms with Crippen LogP contribution in [0.2, 0.25) is 0 Å². The fourth-order valence-corrected chi connectivity index (χ4v) is 1.64. The Balaban J connectivity index is 1.80. The van der Waals surface area contributed by atoms with Gasteiger partial charge in [-0.3, -0.25) is 0 Å². The molecule has 17 heavy (non-hydrogen) atoms. The molecule has 1 heterocycles. The zero-order valence-corrected chi connectivity index (χ0v) is 10.1. The minimum absolute atomic E-state index is 0.188. The molecule has 6 nitrogen and oxygen atoms in total. The Bertz CT molecular complexity index is 367. The average Bonchev–Trinajstić information content (AvgIpc) is 3.08. The van der Waals surface area contributed by atoms with Crippen LogP contribution >= 0.6 is 0 Å². The smallest absolute Gasteiger partial charge is 0.323 e. The summed E-state index contributed by atoms with van der Waals surface area (Å²) < 4.78 is 5.20. The van der Waals surface area contributed by atoms with Crippen molar-refractivity contribution in [2.45, 2.75) is 32.6 Å². The quantitative estimate of drug-likeness (QED) is 0.698. The first-order valence-corrected chi connectivity index (χ1v) is 6.16. The standard InChI is InChI=1S/C11H19N5O/c1-2-17-11-15-9(12)14-10(16-11)13-7-3-4-8-5-6-8/h8H,2-7H2,1H3,(H3,12,13,14,15,16). The molecule has 0 atom stereocenters. The van der Waals surface area contributed by atoms with Gasteiger partial charge in [0, 0.05) is 6.54 Å². The van der Waals surface area contributed by atoms with Crippen LogP contribution in [-0.2, 0) is 0 Å². The minimum Gasteiger partial charge on any atom is -0.464 e. The predicted molar refractivity (Wildman–Crippen MR) is 65.9 cm³/mol. The van der Waals surface area contributed by atoms with Crippen LogP contribution in [0.4, 0.5) is 11.9 Å². The van der Waals surface area contributed by atoms with E-state index in [0.29, 0.717) is 12.6 Å². The largest absolute Gasteiger partial charge is 0.464 e. The Labute approximate surface area is 101 Å². The highest BCUT2D eigenvalue weighted by atomic mass is 16.5. The predicted octanol–water partition coefficient (Wildman–Crippen LogP) is 1.45. The Hall–Kier alpha value is -1.59. The van der Waals surface area contributed by atoms with E-state index in [-0.39, 0.29) is 12.0 Å². The number of anilines is 2. The van der Waals surface area contributed by atoms with Crippen LogP contribution in [0.3, 0.4) is 0 Å². The summed E-state index contributed by atoms with van der Waals surface area (Å²) in [6.45, 7) is 3.26. The minimum atomic E-state index is 0.188. The summed E-state index contributed by atoms with van der Waals surface area (Å²) in [5.41, 5.74) is 5.57. The van der Waals surface area contributed by atoms with Crippen molar-refractivity contribution in [3.8, 4) is 6.01 Å². The van der Waals surface area contributed by atoms with Gasteiger partial charge < -0.3 is 15.8 Å². The third-order valence-electron chi connectivity index (χ3n) is 2.67. The molecule has 94 valence electrons. The first-order chi connectivity index (χ1) is 8.28. The summed E-state index contributed by atoms with van der Waals surface area (Å²) in [7, 11) is 0. The number of nitrogens with zero attached hydrogens (tertiary/aromatic N) is 3. The van der Waals surface area contributed by atoms with E-state index in [4.69, 9.17) is 10.5 Å². The Morgan fingerprint density at radius 2 is 2.18 bits per heavy atom. The highest BCUT2D eigenvalue weighted by molar-refractivity contribution is 5.32. The zero-order chi connectivity index (χ0) is 12.1. The van der Waals surface area contributed by atoms with Crippen LogP contribution in [-0.4, -0.2) is 28.1 Å². The number of rotatable bonds is 7. The molecule has 0 aliphatic heterocycles. The summed E-state index contributed by atoms with van der Waals surface area (Å²) in [4.78, 5) is 12.0. The van der Waals surface area contributed by atoms with Crippen LogP contribution < -0.4 is 15.8 Å². The lowest BCUT2D eigenvalue weighted by molar-refractivity contribution is 0.312. The van der Waals surface area contributed by atoms with Gasteiger partial charge in [-0.25, -0.2) is 0 Å². The maximum absolute atomic E-state index is 5.57. The van der Waals surface area contributed by atoms with Crippen LogP contribution in [0.15, 0.2) is 0 Å². The maximum atomic E-state index is 5.57. The molecule has 1 aliphatic carbocycles. The third-order valence-corrected chi connectivity index (χ3v) is 2.67. The summed E-state index contributed by atoms with van der Waals surface area (Å²) in [6.07, 6.45) is 5.21. The summed E-state index contributed by atoms with van der Waals surface area (Å²) in [6, 6.07) is 0.282. The SMILES string of the molecule is CCOc1nc(N)nc(NCCCC2CC2)n1. The van der Waals surface area contributed by atoms with Crippen molar-refractivity contribution in [1.29, 1.82) is 0 Å². The second-order valence-electron chi connectivity index (χ2n) is 4.25.